The highest BCUT2D eigenvalue weighted by atomic mass is 16.5. The van der Waals surface area contributed by atoms with Gasteiger partial charge in [0.25, 0.3) is 0 Å². The minimum atomic E-state index is -0.0580. The molecule has 0 radical (unpaired) electrons. The molecular weight excluding hydrogens is 402 g/mol. The van der Waals surface area contributed by atoms with Crippen molar-refractivity contribution in [1.82, 2.24) is 14.9 Å². The molecule has 3 rings (SSSR count). The Morgan fingerprint density at radius 2 is 1.88 bits per heavy atom. The quantitative estimate of drug-likeness (QED) is 0.397. The van der Waals surface area contributed by atoms with Crippen LogP contribution < -0.4 is 10.1 Å². The molecule has 0 aliphatic carbocycles. The second-order valence-electron chi connectivity index (χ2n) is 8.21. The molecule has 0 bridgehead atoms. The zero-order valence-corrected chi connectivity index (χ0v) is 19.5. The van der Waals surface area contributed by atoms with Crippen molar-refractivity contribution >= 4 is 16.9 Å². The van der Waals surface area contributed by atoms with Crippen molar-refractivity contribution in [3.05, 3.63) is 59.4 Å². The molecule has 172 valence electrons. The normalized spacial score (nSPS) is 11.1. The zero-order chi connectivity index (χ0) is 22.8. The van der Waals surface area contributed by atoms with E-state index in [0.717, 1.165) is 55.7 Å². The maximum atomic E-state index is 11.4. The fourth-order valence-corrected chi connectivity index (χ4v) is 3.78. The topological polar surface area (TPSA) is 65.4 Å². The Bertz CT molecular complexity index is 1010. The number of aromatic nitrogens is 2. The van der Waals surface area contributed by atoms with Gasteiger partial charge in [0.1, 0.15) is 18.2 Å². The first-order valence-electron chi connectivity index (χ1n) is 11.5. The van der Waals surface area contributed by atoms with Crippen molar-refractivity contribution in [2.45, 2.75) is 52.5 Å². The Labute approximate surface area is 190 Å². The summed E-state index contributed by atoms with van der Waals surface area (Å²) in [6, 6.07) is 14.6. The molecule has 3 aromatic rings. The van der Waals surface area contributed by atoms with Gasteiger partial charge in [-0.3, -0.25) is 4.79 Å². The molecular formula is C26H35N3O3. The van der Waals surface area contributed by atoms with E-state index in [1.165, 1.54) is 23.8 Å². The number of carbonyl (C=O) groups is 1. The fourth-order valence-electron chi connectivity index (χ4n) is 3.78. The Morgan fingerprint density at radius 3 is 2.69 bits per heavy atom. The fraction of sp³-hybridized carbons (Fsp3) is 0.462. The van der Waals surface area contributed by atoms with E-state index in [0.29, 0.717) is 13.2 Å². The highest BCUT2D eigenvalue weighted by molar-refractivity contribution is 5.77. The standard InChI is InChI=1S/C26H35N3O3/c1-20-13-14-22(18-21(20)2)32-17-9-16-29-24-11-7-6-10-23(24)28-25(29)12-5-4-8-15-27-26(30)19-31-3/h6-7,10-11,13-14,18H,4-5,8-9,12,15-17,19H2,1-3H3,(H,27,30). The van der Waals surface area contributed by atoms with Crippen molar-refractivity contribution in [3.8, 4) is 5.75 Å². The number of aryl methyl sites for hydroxylation is 4. The maximum Gasteiger partial charge on any atom is 0.245 e. The van der Waals surface area contributed by atoms with Gasteiger partial charge in [0, 0.05) is 26.6 Å². The number of unbranched alkanes of at least 4 members (excludes halogenated alkanes) is 2. The van der Waals surface area contributed by atoms with E-state index >= 15 is 0 Å². The smallest absolute Gasteiger partial charge is 0.245 e. The van der Waals surface area contributed by atoms with Crippen LogP contribution in [0.3, 0.4) is 0 Å². The minimum absolute atomic E-state index is 0.0580. The molecule has 0 aliphatic heterocycles. The molecule has 0 fully saturated rings. The van der Waals surface area contributed by atoms with Crippen LogP contribution in [0.4, 0.5) is 0 Å². The predicted molar refractivity (Wildman–Crippen MR) is 128 cm³/mol. The van der Waals surface area contributed by atoms with Gasteiger partial charge < -0.3 is 19.4 Å². The van der Waals surface area contributed by atoms with Gasteiger partial charge in [0.15, 0.2) is 0 Å². The van der Waals surface area contributed by atoms with Crippen molar-refractivity contribution in [1.29, 1.82) is 0 Å². The van der Waals surface area contributed by atoms with Crippen LogP contribution in [0.25, 0.3) is 11.0 Å². The van der Waals surface area contributed by atoms with Gasteiger partial charge >= 0.3 is 0 Å². The number of methoxy groups -OCH3 is 1. The molecule has 0 atom stereocenters. The number of fused-ring (bicyclic) bond motifs is 1. The lowest BCUT2D eigenvalue weighted by Gasteiger charge is -2.11. The van der Waals surface area contributed by atoms with Crippen molar-refractivity contribution in [2.75, 3.05) is 26.9 Å². The summed E-state index contributed by atoms with van der Waals surface area (Å²) in [6.45, 7) is 6.59. The van der Waals surface area contributed by atoms with Gasteiger partial charge in [-0.1, -0.05) is 24.6 Å². The third-order valence-corrected chi connectivity index (χ3v) is 5.68. The molecule has 1 heterocycles. The molecule has 0 unspecified atom stereocenters. The number of rotatable bonds is 13. The Hall–Kier alpha value is -2.86. The monoisotopic (exact) mass is 437 g/mol. The lowest BCUT2D eigenvalue weighted by atomic mass is 10.1. The molecule has 0 saturated carbocycles. The molecule has 6 heteroatoms. The number of ether oxygens (including phenoxy) is 2. The van der Waals surface area contributed by atoms with Gasteiger partial charge in [-0.25, -0.2) is 4.98 Å². The highest BCUT2D eigenvalue weighted by Gasteiger charge is 2.10. The van der Waals surface area contributed by atoms with Gasteiger partial charge in [-0.2, -0.15) is 0 Å². The molecule has 0 saturated heterocycles. The van der Waals surface area contributed by atoms with Gasteiger partial charge in [-0.15, -0.1) is 0 Å². The molecule has 1 amide bonds. The number of hydrogen-bond acceptors (Lipinski definition) is 4. The molecule has 1 N–H and O–H groups in total. The molecule has 0 aliphatic rings. The van der Waals surface area contributed by atoms with Crippen LogP contribution in [0.15, 0.2) is 42.5 Å². The predicted octanol–water partition coefficient (Wildman–Crippen LogP) is 4.60. The van der Waals surface area contributed by atoms with E-state index < -0.39 is 0 Å². The second kappa shape index (κ2) is 12.2. The van der Waals surface area contributed by atoms with Crippen LogP contribution in [-0.2, 0) is 22.5 Å². The maximum absolute atomic E-state index is 11.4. The molecule has 0 spiro atoms. The summed E-state index contributed by atoms with van der Waals surface area (Å²) in [7, 11) is 1.53. The summed E-state index contributed by atoms with van der Waals surface area (Å²) in [6.07, 6.45) is 4.90. The van der Waals surface area contributed by atoms with Crippen molar-refractivity contribution < 1.29 is 14.3 Å². The summed E-state index contributed by atoms with van der Waals surface area (Å²) in [5.41, 5.74) is 4.76. The van der Waals surface area contributed by atoms with Crippen LogP contribution >= 0.6 is 0 Å². The van der Waals surface area contributed by atoms with Crippen LogP contribution in [-0.4, -0.2) is 42.3 Å². The van der Waals surface area contributed by atoms with Gasteiger partial charge in [0.2, 0.25) is 5.91 Å². The first kappa shape index (κ1) is 23.8. The largest absolute Gasteiger partial charge is 0.494 e. The van der Waals surface area contributed by atoms with E-state index in [1.54, 1.807) is 0 Å². The zero-order valence-electron chi connectivity index (χ0n) is 19.5. The first-order valence-corrected chi connectivity index (χ1v) is 11.5. The van der Waals surface area contributed by atoms with E-state index in [1.807, 2.05) is 12.1 Å². The van der Waals surface area contributed by atoms with E-state index in [9.17, 15) is 4.79 Å². The lowest BCUT2D eigenvalue weighted by molar-refractivity contribution is -0.124. The van der Waals surface area contributed by atoms with Crippen molar-refractivity contribution in [2.24, 2.45) is 0 Å². The Morgan fingerprint density at radius 1 is 1.03 bits per heavy atom. The lowest BCUT2D eigenvalue weighted by Crippen LogP contribution is -2.27. The SMILES string of the molecule is COCC(=O)NCCCCCc1nc2ccccc2n1CCCOc1ccc(C)c(C)c1. The van der Waals surface area contributed by atoms with Crippen LogP contribution in [0.5, 0.6) is 5.75 Å². The number of amides is 1. The average Bonchev–Trinajstić information content (AvgIpc) is 3.13. The summed E-state index contributed by atoms with van der Waals surface area (Å²) in [5, 5.41) is 2.87. The number of carbonyl (C=O) groups excluding carboxylic acids is 1. The molecule has 6 nitrogen and oxygen atoms in total. The summed E-state index contributed by atoms with van der Waals surface area (Å²) < 4.78 is 13.1. The molecule has 32 heavy (non-hydrogen) atoms. The Balaban J connectivity index is 1.50. The van der Waals surface area contributed by atoms with Gasteiger partial charge in [-0.05, 0) is 68.5 Å². The van der Waals surface area contributed by atoms with Gasteiger partial charge in [0.05, 0.1) is 17.6 Å². The third kappa shape index (κ3) is 6.82. The highest BCUT2D eigenvalue weighted by Crippen LogP contribution is 2.20. The number of benzene rings is 2. The first-order chi connectivity index (χ1) is 15.6. The minimum Gasteiger partial charge on any atom is -0.494 e. The number of nitrogens with zero attached hydrogens (tertiary/aromatic N) is 2. The number of nitrogens with one attached hydrogen (secondary N) is 1. The second-order valence-corrected chi connectivity index (χ2v) is 8.21. The average molecular weight is 438 g/mol. The molecule has 1 aromatic heterocycles. The summed E-state index contributed by atoms with van der Waals surface area (Å²) in [5.74, 6) is 2.00. The van der Waals surface area contributed by atoms with Crippen molar-refractivity contribution in [3.63, 3.8) is 0 Å². The van der Waals surface area contributed by atoms with Crippen LogP contribution in [0, 0.1) is 13.8 Å². The number of hydrogen-bond donors (Lipinski definition) is 1. The third-order valence-electron chi connectivity index (χ3n) is 5.68. The number of imidazole rings is 1. The number of para-hydroxylation sites is 2. The van der Waals surface area contributed by atoms with E-state index in [2.05, 4.69) is 54.1 Å². The van der Waals surface area contributed by atoms with Crippen LogP contribution in [0.1, 0.15) is 42.6 Å². The summed E-state index contributed by atoms with van der Waals surface area (Å²) in [4.78, 5) is 16.3. The Kier molecular flexibility index (Phi) is 9.11. The van der Waals surface area contributed by atoms with Crippen LogP contribution in [0.2, 0.25) is 0 Å². The molecule has 2 aromatic carbocycles. The van der Waals surface area contributed by atoms with E-state index in [4.69, 9.17) is 14.5 Å². The summed E-state index contributed by atoms with van der Waals surface area (Å²) >= 11 is 0. The van der Waals surface area contributed by atoms with E-state index in [-0.39, 0.29) is 12.5 Å².